The van der Waals surface area contributed by atoms with Crippen LogP contribution in [-0.4, -0.2) is 20.8 Å². The Balaban J connectivity index is 2.28. The van der Waals surface area contributed by atoms with E-state index in [0.717, 1.165) is 18.2 Å². The number of halogens is 6. The molecule has 0 bridgehead atoms. The lowest BCUT2D eigenvalue weighted by Crippen LogP contribution is -2.33. The fourth-order valence-corrected chi connectivity index (χ4v) is 2.81. The molecule has 10 heteroatoms. The SMILES string of the molecule is N#Cc1cc(F)cc(-n2nc(C(F)(F)F)c3c2CCC(F)(F)C3O)c1. The normalized spacial score (nSPS) is 19.4. The first kappa shape index (κ1) is 17.3. The van der Waals surface area contributed by atoms with Gasteiger partial charge in [-0.05, 0) is 24.6 Å². The predicted octanol–water partition coefficient (Wildman–Crippen LogP) is 3.52. The standard InChI is InChI=1S/C15H9F6N3O/c16-8-3-7(6-22)4-9(5-8)24-10-1-2-14(17,18)13(25)11(10)12(23-24)15(19,20)21/h3-5,13,25H,1-2H2. The van der Waals surface area contributed by atoms with Gasteiger partial charge in [0.2, 0.25) is 0 Å². The number of rotatable bonds is 1. The number of hydrogen-bond acceptors (Lipinski definition) is 3. The second-order valence-corrected chi connectivity index (χ2v) is 5.59. The van der Waals surface area contributed by atoms with Gasteiger partial charge in [0.25, 0.3) is 5.92 Å². The lowest BCUT2D eigenvalue weighted by molar-refractivity contribution is -0.150. The molecule has 1 aromatic carbocycles. The summed E-state index contributed by atoms with van der Waals surface area (Å²) < 4.78 is 81.2. The number of aliphatic hydroxyl groups is 1. The Labute approximate surface area is 136 Å². The van der Waals surface area contributed by atoms with Gasteiger partial charge in [0.15, 0.2) is 5.69 Å². The molecule has 0 aliphatic heterocycles. The van der Waals surface area contributed by atoms with E-state index < -0.39 is 48.1 Å². The van der Waals surface area contributed by atoms with E-state index >= 15 is 0 Å². The van der Waals surface area contributed by atoms with Crippen LogP contribution in [0, 0.1) is 17.1 Å². The number of aromatic nitrogens is 2. The molecule has 0 radical (unpaired) electrons. The summed E-state index contributed by atoms with van der Waals surface area (Å²) in [6, 6.07) is 4.42. The van der Waals surface area contributed by atoms with Gasteiger partial charge < -0.3 is 5.11 Å². The van der Waals surface area contributed by atoms with Gasteiger partial charge in [0, 0.05) is 12.0 Å². The maximum atomic E-state index is 13.7. The minimum Gasteiger partial charge on any atom is -0.382 e. The van der Waals surface area contributed by atoms with Gasteiger partial charge >= 0.3 is 6.18 Å². The van der Waals surface area contributed by atoms with Crippen molar-refractivity contribution in [1.29, 1.82) is 5.26 Å². The molecule has 1 N–H and O–H groups in total. The predicted molar refractivity (Wildman–Crippen MR) is 71.5 cm³/mol. The van der Waals surface area contributed by atoms with Crippen molar-refractivity contribution in [3.8, 4) is 11.8 Å². The Hall–Kier alpha value is -2.54. The largest absolute Gasteiger partial charge is 0.435 e. The zero-order valence-corrected chi connectivity index (χ0v) is 12.3. The first-order valence-electron chi connectivity index (χ1n) is 7.00. The second-order valence-electron chi connectivity index (χ2n) is 5.59. The Morgan fingerprint density at radius 1 is 1.28 bits per heavy atom. The average Bonchev–Trinajstić information content (AvgIpc) is 2.90. The number of nitrogens with zero attached hydrogens (tertiary/aromatic N) is 3. The highest BCUT2D eigenvalue weighted by molar-refractivity contribution is 5.46. The van der Waals surface area contributed by atoms with E-state index in [0.29, 0.717) is 4.68 Å². The van der Waals surface area contributed by atoms with E-state index in [4.69, 9.17) is 5.26 Å². The fourth-order valence-electron chi connectivity index (χ4n) is 2.81. The molecule has 0 saturated heterocycles. The summed E-state index contributed by atoms with van der Waals surface area (Å²) in [5, 5.41) is 21.9. The van der Waals surface area contributed by atoms with E-state index in [2.05, 4.69) is 5.10 Å². The Morgan fingerprint density at radius 2 is 1.96 bits per heavy atom. The molecule has 1 unspecified atom stereocenters. The third-order valence-electron chi connectivity index (χ3n) is 3.92. The van der Waals surface area contributed by atoms with Gasteiger partial charge in [-0.2, -0.15) is 23.5 Å². The Kier molecular flexibility index (Phi) is 3.79. The van der Waals surface area contributed by atoms with Crippen LogP contribution in [0.1, 0.15) is 35.0 Å². The number of alkyl halides is 5. The topological polar surface area (TPSA) is 61.8 Å². The van der Waals surface area contributed by atoms with E-state index in [1.165, 1.54) is 0 Å². The molecule has 4 nitrogen and oxygen atoms in total. The molecule has 0 spiro atoms. The third-order valence-corrected chi connectivity index (χ3v) is 3.92. The minimum absolute atomic E-state index is 0.172. The molecule has 25 heavy (non-hydrogen) atoms. The van der Waals surface area contributed by atoms with E-state index in [9.17, 15) is 31.4 Å². The zero-order chi connectivity index (χ0) is 18.6. The molecule has 1 heterocycles. The molecule has 132 valence electrons. The van der Waals surface area contributed by atoms with Crippen molar-refractivity contribution >= 4 is 0 Å². The van der Waals surface area contributed by atoms with E-state index in [-0.39, 0.29) is 16.9 Å². The monoisotopic (exact) mass is 361 g/mol. The first-order chi connectivity index (χ1) is 11.5. The van der Waals surface area contributed by atoms with Crippen molar-refractivity contribution in [1.82, 2.24) is 9.78 Å². The summed E-state index contributed by atoms with van der Waals surface area (Å²) in [6.45, 7) is 0. The highest BCUT2D eigenvalue weighted by Crippen LogP contribution is 2.47. The minimum atomic E-state index is -5.09. The summed E-state index contributed by atoms with van der Waals surface area (Å²) in [4.78, 5) is 0. The Bertz CT molecular complexity index is 881. The molecule has 1 aliphatic carbocycles. The molecular weight excluding hydrogens is 352 g/mol. The van der Waals surface area contributed by atoms with Crippen LogP contribution >= 0.6 is 0 Å². The molecule has 2 aromatic rings. The van der Waals surface area contributed by atoms with Crippen molar-refractivity contribution in [3.63, 3.8) is 0 Å². The van der Waals surface area contributed by atoms with Crippen molar-refractivity contribution < 1.29 is 31.4 Å². The van der Waals surface area contributed by atoms with Crippen LogP contribution in [0.2, 0.25) is 0 Å². The van der Waals surface area contributed by atoms with Gasteiger partial charge in [-0.3, -0.25) is 0 Å². The molecular formula is C15H9F6N3O. The summed E-state index contributed by atoms with van der Waals surface area (Å²) in [5.41, 5.74) is -3.36. The Morgan fingerprint density at radius 3 is 2.56 bits per heavy atom. The number of benzene rings is 1. The van der Waals surface area contributed by atoms with Crippen LogP contribution in [0.25, 0.3) is 5.69 Å². The zero-order valence-electron chi connectivity index (χ0n) is 12.3. The third kappa shape index (κ3) is 2.84. The van der Waals surface area contributed by atoms with Crippen molar-refractivity contribution in [2.45, 2.75) is 31.0 Å². The number of aliphatic hydroxyl groups excluding tert-OH is 1. The van der Waals surface area contributed by atoms with Crippen molar-refractivity contribution in [3.05, 3.63) is 46.5 Å². The first-order valence-corrected chi connectivity index (χ1v) is 7.00. The molecule has 1 aromatic heterocycles. The molecule has 0 saturated carbocycles. The second kappa shape index (κ2) is 5.49. The van der Waals surface area contributed by atoms with Crippen LogP contribution in [0.5, 0.6) is 0 Å². The van der Waals surface area contributed by atoms with Crippen LogP contribution in [0.15, 0.2) is 18.2 Å². The van der Waals surface area contributed by atoms with Crippen molar-refractivity contribution in [2.75, 3.05) is 0 Å². The highest BCUT2D eigenvalue weighted by Gasteiger charge is 2.51. The van der Waals surface area contributed by atoms with Crippen LogP contribution in [-0.2, 0) is 12.6 Å². The highest BCUT2D eigenvalue weighted by atomic mass is 19.4. The fraction of sp³-hybridized carbons (Fsp3) is 0.333. The maximum absolute atomic E-state index is 13.7. The number of nitriles is 1. The number of fused-ring (bicyclic) bond motifs is 1. The summed E-state index contributed by atoms with van der Waals surface area (Å²) >= 11 is 0. The molecule has 0 amide bonds. The average molecular weight is 361 g/mol. The van der Waals surface area contributed by atoms with Gasteiger partial charge in [-0.15, -0.1) is 0 Å². The summed E-state index contributed by atoms with van der Waals surface area (Å²) in [6.07, 6.45) is -9.15. The molecule has 3 rings (SSSR count). The lowest BCUT2D eigenvalue weighted by Gasteiger charge is -2.28. The van der Waals surface area contributed by atoms with Crippen LogP contribution in [0.3, 0.4) is 0 Å². The molecule has 1 atom stereocenters. The van der Waals surface area contributed by atoms with Gasteiger partial charge in [-0.25, -0.2) is 17.9 Å². The van der Waals surface area contributed by atoms with Crippen LogP contribution in [0.4, 0.5) is 26.3 Å². The van der Waals surface area contributed by atoms with Crippen molar-refractivity contribution in [2.24, 2.45) is 0 Å². The summed E-state index contributed by atoms with van der Waals surface area (Å²) in [5.74, 6) is -4.63. The quantitative estimate of drug-likeness (QED) is 0.791. The maximum Gasteiger partial charge on any atom is 0.435 e. The smallest absolute Gasteiger partial charge is 0.382 e. The van der Waals surface area contributed by atoms with Gasteiger partial charge in [0.1, 0.15) is 11.9 Å². The van der Waals surface area contributed by atoms with Gasteiger partial charge in [0.05, 0.1) is 23.0 Å². The molecule has 1 aliphatic rings. The lowest BCUT2D eigenvalue weighted by atomic mass is 9.89. The van der Waals surface area contributed by atoms with Crippen LogP contribution < -0.4 is 0 Å². The van der Waals surface area contributed by atoms with E-state index in [1.54, 1.807) is 6.07 Å². The van der Waals surface area contributed by atoms with Gasteiger partial charge in [-0.1, -0.05) is 0 Å². The number of hydrogen-bond donors (Lipinski definition) is 1. The van der Waals surface area contributed by atoms with E-state index in [1.807, 2.05) is 0 Å². The summed E-state index contributed by atoms with van der Waals surface area (Å²) in [7, 11) is 0. The molecule has 0 fully saturated rings.